The van der Waals surface area contributed by atoms with E-state index >= 15 is 0 Å². The Morgan fingerprint density at radius 1 is 0.903 bits per heavy atom. The average Bonchev–Trinajstić information content (AvgIpc) is 3.08. The van der Waals surface area contributed by atoms with E-state index in [2.05, 4.69) is 6.07 Å². The highest BCUT2D eigenvalue weighted by atomic mass is 19.1. The second kappa shape index (κ2) is 7.61. The number of fused-ring (bicyclic) bond motifs is 3. The molecule has 31 heavy (non-hydrogen) atoms. The molecule has 2 N–H and O–H groups in total. The Labute approximate surface area is 178 Å². The van der Waals surface area contributed by atoms with Crippen molar-refractivity contribution < 1.29 is 13.9 Å². The van der Waals surface area contributed by atoms with Crippen molar-refractivity contribution >= 4 is 27.7 Å². The van der Waals surface area contributed by atoms with Crippen molar-refractivity contribution in [2.75, 3.05) is 0 Å². The van der Waals surface area contributed by atoms with Gasteiger partial charge in [-0.25, -0.2) is 4.39 Å². The Hall–Kier alpha value is -4.12. The summed E-state index contributed by atoms with van der Waals surface area (Å²) in [5.74, 6) is 0.415. The van der Waals surface area contributed by atoms with Gasteiger partial charge in [-0.2, -0.15) is 0 Å². The van der Waals surface area contributed by atoms with Crippen molar-refractivity contribution in [3.05, 3.63) is 108 Å². The lowest BCUT2D eigenvalue weighted by Gasteiger charge is -2.13. The molecule has 0 spiro atoms. The van der Waals surface area contributed by atoms with Crippen LogP contribution in [-0.2, 0) is 6.54 Å². The van der Waals surface area contributed by atoms with Gasteiger partial charge in [0, 0.05) is 28.0 Å². The smallest absolute Gasteiger partial charge is 0.249 e. The predicted molar refractivity (Wildman–Crippen MR) is 119 cm³/mol. The van der Waals surface area contributed by atoms with E-state index in [1.165, 1.54) is 6.07 Å². The van der Waals surface area contributed by atoms with E-state index < -0.39 is 11.7 Å². The van der Waals surface area contributed by atoms with E-state index in [0.717, 1.165) is 28.1 Å². The summed E-state index contributed by atoms with van der Waals surface area (Å²) in [7, 11) is 0. The quantitative estimate of drug-likeness (QED) is 0.406. The Balaban J connectivity index is 1.69. The van der Waals surface area contributed by atoms with Crippen LogP contribution in [0.1, 0.15) is 15.9 Å². The van der Waals surface area contributed by atoms with E-state index in [1.807, 2.05) is 65.2 Å². The van der Waals surface area contributed by atoms with Crippen molar-refractivity contribution in [1.29, 1.82) is 0 Å². The topological polar surface area (TPSA) is 57.2 Å². The summed E-state index contributed by atoms with van der Waals surface area (Å²) in [6, 6.07) is 28.5. The number of carbonyl (C=O) groups is 1. The van der Waals surface area contributed by atoms with Gasteiger partial charge in [-0.15, -0.1) is 0 Å². The zero-order chi connectivity index (χ0) is 21.4. The number of para-hydroxylation sites is 2. The van der Waals surface area contributed by atoms with Crippen LogP contribution in [0.15, 0.2) is 84.9 Å². The molecule has 5 heteroatoms. The Morgan fingerprint density at radius 2 is 1.68 bits per heavy atom. The fraction of sp³-hybridized carbons (Fsp3) is 0.0385. The van der Waals surface area contributed by atoms with Crippen LogP contribution in [-0.4, -0.2) is 10.5 Å². The van der Waals surface area contributed by atoms with Crippen LogP contribution in [0.4, 0.5) is 4.39 Å². The Kier molecular flexibility index (Phi) is 4.64. The summed E-state index contributed by atoms with van der Waals surface area (Å²) in [6.07, 6.45) is 0. The molecular formula is C26H18FN2O2. The molecule has 0 fully saturated rings. The van der Waals surface area contributed by atoms with Gasteiger partial charge in [-0.3, -0.25) is 4.79 Å². The first kappa shape index (κ1) is 18.9. The van der Waals surface area contributed by atoms with Gasteiger partial charge in [-0.05, 0) is 42.5 Å². The van der Waals surface area contributed by atoms with E-state index in [-0.39, 0.29) is 0 Å². The van der Waals surface area contributed by atoms with Crippen LogP contribution in [0.2, 0.25) is 0 Å². The van der Waals surface area contributed by atoms with Crippen molar-refractivity contribution in [3.8, 4) is 11.5 Å². The highest BCUT2D eigenvalue weighted by Crippen LogP contribution is 2.34. The lowest BCUT2D eigenvalue weighted by atomic mass is 10.1. The van der Waals surface area contributed by atoms with E-state index in [0.29, 0.717) is 22.9 Å². The molecule has 4 aromatic carbocycles. The van der Waals surface area contributed by atoms with Crippen LogP contribution in [0.5, 0.6) is 11.5 Å². The first-order valence-corrected chi connectivity index (χ1v) is 9.85. The number of benzene rings is 4. The van der Waals surface area contributed by atoms with Gasteiger partial charge in [0.1, 0.15) is 17.3 Å². The molecule has 1 radical (unpaired) electrons. The number of nitrogens with zero attached hydrogens (tertiary/aromatic N) is 1. The molecule has 0 atom stereocenters. The first-order valence-electron chi connectivity index (χ1n) is 9.85. The highest BCUT2D eigenvalue weighted by Gasteiger charge is 2.18. The zero-order valence-electron chi connectivity index (χ0n) is 16.5. The molecule has 1 heterocycles. The monoisotopic (exact) mass is 409 g/mol. The van der Waals surface area contributed by atoms with Crippen LogP contribution >= 0.6 is 0 Å². The fourth-order valence-electron chi connectivity index (χ4n) is 3.93. The molecule has 0 bridgehead atoms. The predicted octanol–water partition coefficient (Wildman–Crippen LogP) is 5.67. The van der Waals surface area contributed by atoms with Crippen LogP contribution < -0.4 is 10.5 Å². The third-order valence-electron chi connectivity index (χ3n) is 5.30. The Morgan fingerprint density at radius 3 is 2.48 bits per heavy atom. The van der Waals surface area contributed by atoms with E-state index in [9.17, 15) is 9.18 Å². The number of halogens is 1. The fourth-order valence-corrected chi connectivity index (χ4v) is 3.93. The average molecular weight is 409 g/mol. The normalized spacial score (nSPS) is 11.1. The van der Waals surface area contributed by atoms with Crippen molar-refractivity contribution in [3.63, 3.8) is 0 Å². The maximum absolute atomic E-state index is 14.0. The van der Waals surface area contributed by atoms with Gasteiger partial charge in [0.05, 0.1) is 17.6 Å². The Bertz CT molecular complexity index is 1420. The molecule has 1 amide bonds. The van der Waals surface area contributed by atoms with Crippen LogP contribution in [0, 0.1) is 11.9 Å². The van der Waals surface area contributed by atoms with E-state index in [1.54, 1.807) is 18.2 Å². The molecule has 0 aliphatic carbocycles. The molecule has 0 saturated carbocycles. The van der Waals surface area contributed by atoms with Crippen molar-refractivity contribution in [2.45, 2.75) is 6.54 Å². The minimum absolute atomic E-state index is 0.344. The van der Waals surface area contributed by atoms with Crippen molar-refractivity contribution in [1.82, 2.24) is 4.57 Å². The molecule has 4 nitrogen and oxygen atoms in total. The molecule has 5 rings (SSSR count). The van der Waals surface area contributed by atoms with Gasteiger partial charge in [0.2, 0.25) is 5.91 Å². The summed E-state index contributed by atoms with van der Waals surface area (Å²) in [6.45, 7) is 0.463. The maximum Gasteiger partial charge on any atom is 0.249 e. The summed E-state index contributed by atoms with van der Waals surface area (Å²) < 4.78 is 22.2. The molecule has 5 aromatic rings. The molecule has 0 aliphatic heterocycles. The number of amides is 1. The number of hydrogen-bond donors (Lipinski definition) is 1. The molecule has 151 valence electrons. The minimum Gasteiger partial charge on any atom is -0.457 e. The molecule has 0 unspecified atom stereocenters. The minimum atomic E-state index is -0.560. The van der Waals surface area contributed by atoms with Crippen molar-refractivity contribution in [2.24, 2.45) is 5.73 Å². The maximum atomic E-state index is 14.0. The van der Waals surface area contributed by atoms with Gasteiger partial charge < -0.3 is 15.0 Å². The highest BCUT2D eigenvalue weighted by molar-refractivity contribution is 6.17. The van der Waals surface area contributed by atoms with Gasteiger partial charge in [-0.1, -0.05) is 42.5 Å². The molecular weight excluding hydrogens is 391 g/mol. The number of hydrogen-bond acceptors (Lipinski definition) is 2. The third kappa shape index (κ3) is 3.40. The SMILES string of the molecule is NC(=O)c1cccc2c1c1[c]c(F)ccc1n2Cc1ccccc1Oc1ccccc1. The standard InChI is InChI=1S/C26H18FN2O2/c27-18-13-14-22-21(15-18)25-20(26(28)30)10-6-11-23(25)29(22)16-17-7-4-5-12-24(17)31-19-8-2-1-3-9-19/h1-14H,16H2,(H2,28,30). The van der Waals surface area contributed by atoms with Crippen LogP contribution in [0.25, 0.3) is 21.8 Å². The summed E-state index contributed by atoms with van der Waals surface area (Å²) in [5.41, 5.74) is 8.44. The largest absolute Gasteiger partial charge is 0.457 e. The van der Waals surface area contributed by atoms with Crippen LogP contribution in [0.3, 0.4) is 0 Å². The lowest BCUT2D eigenvalue weighted by Crippen LogP contribution is -2.11. The van der Waals surface area contributed by atoms with Gasteiger partial charge in [0.15, 0.2) is 0 Å². The second-order valence-electron chi connectivity index (χ2n) is 7.24. The summed E-state index contributed by atoms with van der Waals surface area (Å²) >= 11 is 0. The van der Waals surface area contributed by atoms with Gasteiger partial charge >= 0.3 is 0 Å². The van der Waals surface area contributed by atoms with Gasteiger partial charge in [0.25, 0.3) is 0 Å². The number of rotatable bonds is 5. The number of aromatic nitrogens is 1. The zero-order valence-corrected chi connectivity index (χ0v) is 16.5. The molecule has 0 aliphatic rings. The second-order valence-corrected chi connectivity index (χ2v) is 7.24. The molecule has 0 saturated heterocycles. The summed E-state index contributed by atoms with van der Waals surface area (Å²) in [5, 5.41) is 1.14. The first-order chi connectivity index (χ1) is 15.1. The number of nitrogens with two attached hydrogens (primary N) is 1. The summed E-state index contributed by atoms with van der Waals surface area (Å²) in [4.78, 5) is 12.1. The number of ether oxygens (including phenoxy) is 1. The molecule has 1 aromatic heterocycles. The number of carbonyl (C=O) groups excluding carboxylic acids is 1. The third-order valence-corrected chi connectivity index (χ3v) is 5.30. The van der Waals surface area contributed by atoms with E-state index in [4.69, 9.17) is 10.5 Å². The lowest BCUT2D eigenvalue weighted by molar-refractivity contribution is 0.100. The number of primary amides is 1.